The second-order valence-corrected chi connectivity index (χ2v) is 10.1. The van der Waals surface area contributed by atoms with Crippen molar-refractivity contribution in [3.8, 4) is 0 Å². The molecule has 38 heavy (non-hydrogen) atoms. The van der Waals surface area contributed by atoms with Crippen molar-refractivity contribution in [3.05, 3.63) is 88.0 Å². The van der Waals surface area contributed by atoms with Crippen molar-refractivity contribution in [1.29, 1.82) is 0 Å². The van der Waals surface area contributed by atoms with Crippen LogP contribution in [-0.2, 0) is 36.4 Å². The van der Waals surface area contributed by atoms with Gasteiger partial charge in [-0.1, -0.05) is 23.8 Å². The Kier molecular flexibility index (Phi) is 8.03. The Bertz CT molecular complexity index is 1580. The van der Waals surface area contributed by atoms with Gasteiger partial charge in [-0.05, 0) is 36.8 Å². The van der Waals surface area contributed by atoms with Crippen LogP contribution in [0.25, 0.3) is 10.9 Å². The number of carbonyl (C=O) groups is 2. The van der Waals surface area contributed by atoms with E-state index in [9.17, 15) is 23.7 Å². The van der Waals surface area contributed by atoms with E-state index in [1.807, 2.05) is 30.8 Å². The number of amides is 1. The van der Waals surface area contributed by atoms with Crippen LogP contribution in [0.2, 0.25) is 0 Å². The average Bonchev–Trinajstić information content (AvgIpc) is 3.31. The maximum absolute atomic E-state index is 13.1. The molecule has 198 valence electrons. The number of carboxylic acid groups (broad SMARTS) is 1. The molecule has 2 aromatic carbocycles. The summed E-state index contributed by atoms with van der Waals surface area (Å²) in [6, 6.07) is 10.8. The van der Waals surface area contributed by atoms with E-state index in [1.54, 1.807) is 54.2 Å². The highest BCUT2D eigenvalue weighted by molar-refractivity contribution is 7.83. The number of aliphatic carboxylic acids is 1. The molecule has 12 heteroatoms. The number of nitrogens with one attached hydrogen (secondary N) is 3. The van der Waals surface area contributed by atoms with E-state index in [-0.39, 0.29) is 12.1 Å². The quantitative estimate of drug-likeness (QED) is 0.241. The molecule has 2 heterocycles. The number of aryl methyl sites for hydroxylation is 3. The lowest BCUT2D eigenvalue weighted by atomic mass is 10.1. The zero-order valence-corrected chi connectivity index (χ0v) is 21.9. The second-order valence-electron chi connectivity index (χ2n) is 8.85. The molecule has 1 amide bonds. The highest BCUT2D eigenvalue weighted by atomic mass is 32.2. The fourth-order valence-corrected chi connectivity index (χ4v) is 4.81. The first-order valence-corrected chi connectivity index (χ1v) is 12.9. The molecule has 11 nitrogen and oxygen atoms in total. The standard InChI is InChI=1S/C26H28N6O5S/c1-16-4-7-18(8-5-16)38(37)30-21(25(35)36)14-28-24(34)20-15-32(3)22-12-17(6-9-19(22)23(20)33)13-29-26-27-10-11-31(26)2/h4-12,15,21,30H,13-14H2,1-3H3,(H,27,29)(H,28,34)(H,35,36). The summed E-state index contributed by atoms with van der Waals surface area (Å²) in [5.74, 6) is -1.30. The molecule has 0 spiro atoms. The van der Waals surface area contributed by atoms with Crippen LogP contribution in [0, 0.1) is 6.92 Å². The normalized spacial score (nSPS) is 12.7. The summed E-state index contributed by atoms with van der Waals surface area (Å²) >= 11 is 0. The topological polar surface area (TPSA) is 147 Å². The molecule has 4 aromatic rings. The number of imidazole rings is 1. The van der Waals surface area contributed by atoms with Gasteiger partial charge in [0.05, 0.1) is 10.4 Å². The van der Waals surface area contributed by atoms with Gasteiger partial charge in [0.2, 0.25) is 11.4 Å². The molecule has 0 radical (unpaired) electrons. The molecule has 0 aliphatic carbocycles. The Labute approximate surface area is 221 Å². The van der Waals surface area contributed by atoms with Gasteiger partial charge in [-0.3, -0.25) is 14.4 Å². The zero-order valence-electron chi connectivity index (χ0n) is 21.1. The molecule has 4 N–H and O–H groups in total. The molecule has 0 bridgehead atoms. The first-order chi connectivity index (χ1) is 18.1. The highest BCUT2D eigenvalue weighted by Gasteiger charge is 2.23. The van der Waals surface area contributed by atoms with Crippen molar-refractivity contribution in [2.24, 2.45) is 14.1 Å². The van der Waals surface area contributed by atoms with E-state index >= 15 is 0 Å². The van der Waals surface area contributed by atoms with E-state index in [4.69, 9.17) is 0 Å². The highest BCUT2D eigenvalue weighted by Crippen LogP contribution is 2.15. The number of rotatable bonds is 10. The summed E-state index contributed by atoms with van der Waals surface area (Å²) in [7, 11) is 1.80. The van der Waals surface area contributed by atoms with Crippen molar-refractivity contribution >= 4 is 39.7 Å². The van der Waals surface area contributed by atoms with Gasteiger partial charge >= 0.3 is 5.97 Å². The van der Waals surface area contributed by atoms with E-state index in [1.165, 1.54) is 6.20 Å². The van der Waals surface area contributed by atoms with Crippen molar-refractivity contribution in [2.45, 2.75) is 24.4 Å². The van der Waals surface area contributed by atoms with E-state index in [0.29, 0.717) is 28.3 Å². The van der Waals surface area contributed by atoms with Gasteiger partial charge in [-0.15, -0.1) is 0 Å². The minimum absolute atomic E-state index is 0.123. The molecular formula is C26H28N6O5S. The van der Waals surface area contributed by atoms with Crippen LogP contribution >= 0.6 is 0 Å². The predicted octanol–water partition coefficient (Wildman–Crippen LogP) is 1.69. The van der Waals surface area contributed by atoms with Crippen LogP contribution in [-0.4, -0.2) is 47.9 Å². The molecule has 2 unspecified atom stereocenters. The SMILES string of the molecule is Cc1ccc(S(=O)NC(CNC(=O)c2cn(C)c3cc(CNc4nccn4C)ccc3c2=O)C(=O)O)cc1. The summed E-state index contributed by atoms with van der Waals surface area (Å²) in [6.45, 7) is 2.00. The Morgan fingerprint density at radius 2 is 1.84 bits per heavy atom. The van der Waals surface area contributed by atoms with E-state index in [0.717, 1.165) is 11.1 Å². The summed E-state index contributed by atoms with van der Waals surface area (Å²) < 4.78 is 18.6. The third-order valence-electron chi connectivity index (χ3n) is 6.02. The first-order valence-electron chi connectivity index (χ1n) is 11.7. The Balaban J connectivity index is 1.47. The van der Waals surface area contributed by atoms with Crippen LogP contribution < -0.4 is 20.8 Å². The monoisotopic (exact) mass is 536 g/mol. The first kappa shape index (κ1) is 26.8. The second kappa shape index (κ2) is 11.4. The maximum Gasteiger partial charge on any atom is 0.323 e. The van der Waals surface area contributed by atoms with Gasteiger partial charge < -0.3 is 24.9 Å². The van der Waals surface area contributed by atoms with Gasteiger partial charge in [-0.2, -0.15) is 0 Å². The van der Waals surface area contributed by atoms with Gasteiger partial charge in [0.15, 0.2) is 0 Å². The Morgan fingerprint density at radius 3 is 2.50 bits per heavy atom. The van der Waals surface area contributed by atoms with E-state index in [2.05, 4.69) is 20.3 Å². The summed E-state index contributed by atoms with van der Waals surface area (Å²) in [5.41, 5.74) is 1.95. The van der Waals surface area contributed by atoms with Crippen LogP contribution in [0.15, 0.2) is 70.7 Å². The fourth-order valence-electron chi connectivity index (χ4n) is 3.85. The van der Waals surface area contributed by atoms with Crippen LogP contribution in [0.5, 0.6) is 0 Å². The number of hydrogen-bond donors (Lipinski definition) is 4. The predicted molar refractivity (Wildman–Crippen MR) is 144 cm³/mol. The number of fused-ring (bicyclic) bond motifs is 1. The molecule has 0 aliphatic rings. The van der Waals surface area contributed by atoms with Crippen molar-refractivity contribution in [2.75, 3.05) is 11.9 Å². The minimum Gasteiger partial charge on any atom is -0.480 e. The molecular weight excluding hydrogens is 508 g/mol. The smallest absolute Gasteiger partial charge is 0.323 e. The molecule has 2 aromatic heterocycles. The number of aromatic nitrogens is 3. The number of carboxylic acids is 1. The van der Waals surface area contributed by atoms with E-state index < -0.39 is 34.3 Å². The van der Waals surface area contributed by atoms with Crippen LogP contribution in [0.3, 0.4) is 0 Å². The largest absolute Gasteiger partial charge is 0.480 e. The molecule has 4 rings (SSSR count). The van der Waals surface area contributed by atoms with Crippen LogP contribution in [0.4, 0.5) is 5.95 Å². The fraction of sp³-hybridized carbons (Fsp3) is 0.231. The lowest BCUT2D eigenvalue weighted by Crippen LogP contribution is -2.47. The third-order valence-corrected chi connectivity index (χ3v) is 7.22. The minimum atomic E-state index is -1.80. The van der Waals surface area contributed by atoms with Gasteiger partial charge in [0.25, 0.3) is 5.91 Å². The number of benzene rings is 2. The van der Waals surface area contributed by atoms with Gasteiger partial charge in [-0.25, -0.2) is 13.9 Å². The van der Waals surface area contributed by atoms with Crippen molar-refractivity contribution in [1.82, 2.24) is 24.2 Å². The molecule has 2 atom stereocenters. The molecule has 0 saturated carbocycles. The van der Waals surface area contributed by atoms with Gasteiger partial charge in [0.1, 0.15) is 22.6 Å². The lowest BCUT2D eigenvalue weighted by molar-refractivity contribution is -0.138. The zero-order chi connectivity index (χ0) is 27.4. The van der Waals surface area contributed by atoms with Crippen molar-refractivity contribution in [3.63, 3.8) is 0 Å². The number of nitrogens with zero attached hydrogens (tertiary/aromatic N) is 3. The number of anilines is 1. The van der Waals surface area contributed by atoms with Gasteiger partial charge in [0, 0.05) is 51.2 Å². The molecule has 0 fully saturated rings. The maximum atomic E-state index is 13.1. The van der Waals surface area contributed by atoms with Crippen LogP contribution in [0.1, 0.15) is 21.5 Å². The molecule has 0 saturated heterocycles. The molecule has 0 aliphatic heterocycles. The number of hydrogen-bond acceptors (Lipinski definition) is 6. The average molecular weight is 537 g/mol. The summed E-state index contributed by atoms with van der Waals surface area (Å²) in [4.78, 5) is 42.3. The number of carbonyl (C=O) groups excluding carboxylic acids is 1. The summed E-state index contributed by atoms with van der Waals surface area (Å²) in [5, 5.41) is 15.6. The number of pyridine rings is 1. The lowest BCUT2D eigenvalue weighted by Gasteiger charge is -2.16. The third kappa shape index (κ3) is 5.98. The summed E-state index contributed by atoms with van der Waals surface area (Å²) in [6.07, 6.45) is 4.94. The Morgan fingerprint density at radius 1 is 1.11 bits per heavy atom. The Hall–Kier alpha value is -4.29. The van der Waals surface area contributed by atoms with Crippen molar-refractivity contribution < 1.29 is 18.9 Å².